The van der Waals surface area contributed by atoms with Gasteiger partial charge in [-0.15, -0.1) is 0 Å². The molecule has 0 bridgehead atoms. The van der Waals surface area contributed by atoms with Crippen LogP contribution in [0.1, 0.15) is 13.3 Å². The molecule has 0 aliphatic heterocycles. The number of aldehydes is 1. The third kappa shape index (κ3) is 3.20. The molecule has 64 valence electrons. The van der Waals surface area contributed by atoms with Gasteiger partial charge in [0.25, 0.3) is 0 Å². The van der Waals surface area contributed by atoms with E-state index < -0.39 is 0 Å². The van der Waals surface area contributed by atoms with E-state index in [0.717, 1.165) is 6.29 Å². The molecule has 0 aliphatic rings. The molecule has 0 spiro atoms. The van der Waals surface area contributed by atoms with Crippen LogP contribution < -0.4 is 4.46 Å². The van der Waals surface area contributed by atoms with Gasteiger partial charge in [0.2, 0.25) is 0 Å². The van der Waals surface area contributed by atoms with Crippen molar-refractivity contribution in [3.63, 3.8) is 0 Å². The fourth-order valence-electron chi connectivity index (χ4n) is 0.915. The molecule has 1 atom stereocenters. The standard InChI is InChI=1S/C10H12OSe/c1-9(7-8-11)12-10-5-3-2-4-6-10/h2-6,8-9H,7H2,1H3. The van der Waals surface area contributed by atoms with Crippen molar-refractivity contribution in [2.75, 3.05) is 0 Å². The summed E-state index contributed by atoms with van der Waals surface area (Å²) in [6.45, 7) is 2.13. The van der Waals surface area contributed by atoms with Gasteiger partial charge in [-0.25, -0.2) is 0 Å². The van der Waals surface area contributed by atoms with E-state index in [1.807, 2.05) is 18.2 Å². The molecule has 0 amide bonds. The minimum absolute atomic E-state index is 0.447. The van der Waals surface area contributed by atoms with Gasteiger partial charge in [0, 0.05) is 0 Å². The van der Waals surface area contributed by atoms with Crippen molar-refractivity contribution in [2.24, 2.45) is 0 Å². The van der Waals surface area contributed by atoms with Crippen LogP contribution in [-0.4, -0.2) is 21.2 Å². The molecule has 1 aromatic carbocycles. The monoisotopic (exact) mass is 228 g/mol. The van der Waals surface area contributed by atoms with E-state index in [1.54, 1.807) is 0 Å². The van der Waals surface area contributed by atoms with Gasteiger partial charge in [-0.1, -0.05) is 0 Å². The molecule has 0 N–H and O–H groups in total. The van der Waals surface area contributed by atoms with Crippen molar-refractivity contribution >= 4 is 25.7 Å². The van der Waals surface area contributed by atoms with Gasteiger partial charge >= 0.3 is 79.0 Å². The third-order valence-electron chi connectivity index (χ3n) is 1.51. The van der Waals surface area contributed by atoms with Crippen molar-refractivity contribution in [1.82, 2.24) is 0 Å². The molecule has 1 nitrogen and oxygen atoms in total. The van der Waals surface area contributed by atoms with Crippen LogP contribution in [0.3, 0.4) is 0 Å². The van der Waals surface area contributed by atoms with E-state index in [4.69, 9.17) is 0 Å². The molecule has 0 heterocycles. The predicted molar refractivity (Wildman–Crippen MR) is 51.9 cm³/mol. The maximum atomic E-state index is 10.2. The van der Waals surface area contributed by atoms with Gasteiger partial charge in [-0.05, 0) is 0 Å². The number of rotatable bonds is 4. The zero-order valence-electron chi connectivity index (χ0n) is 7.07. The van der Waals surface area contributed by atoms with E-state index >= 15 is 0 Å². The summed E-state index contributed by atoms with van der Waals surface area (Å²) in [5.74, 6) is 0. The first kappa shape index (κ1) is 9.50. The predicted octanol–water partition coefficient (Wildman–Crippen LogP) is 1.41. The molecule has 0 saturated heterocycles. The topological polar surface area (TPSA) is 17.1 Å². The molecule has 1 unspecified atom stereocenters. The zero-order valence-corrected chi connectivity index (χ0v) is 8.78. The molecule has 0 radical (unpaired) electrons. The molecule has 12 heavy (non-hydrogen) atoms. The number of hydrogen-bond donors (Lipinski definition) is 0. The Hall–Kier alpha value is -0.591. The SMILES string of the molecule is CC(CC=O)[Se]c1ccccc1. The van der Waals surface area contributed by atoms with Gasteiger partial charge in [0.05, 0.1) is 0 Å². The second-order valence-electron chi connectivity index (χ2n) is 2.64. The van der Waals surface area contributed by atoms with Crippen LogP contribution in [0.4, 0.5) is 0 Å². The molecule has 1 aromatic rings. The van der Waals surface area contributed by atoms with E-state index in [2.05, 4.69) is 19.1 Å². The summed E-state index contributed by atoms with van der Waals surface area (Å²) in [6.07, 6.45) is 1.70. The Morgan fingerprint density at radius 1 is 1.42 bits per heavy atom. The van der Waals surface area contributed by atoms with Gasteiger partial charge in [-0.2, -0.15) is 0 Å². The molecule has 2 heteroatoms. The van der Waals surface area contributed by atoms with Crippen LogP contribution >= 0.6 is 0 Å². The molecule has 1 rings (SSSR count). The number of hydrogen-bond acceptors (Lipinski definition) is 1. The van der Waals surface area contributed by atoms with E-state index in [9.17, 15) is 4.79 Å². The molecule has 0 fully saturated rings. The summed E-state index contributed by atoms with van der Waals surface area (Å²) >= 11 is 0.447. The van der Waals surface area contributed by atoms with Crippen LogP contribution in [0.5, 0.6) is 0 Å². The van der Waals surface area contributed by atoms with Crippen molar-refractivity contribution in [3.05, 3.63) is 30.3 Å². The normalized spacial score (nSPS) is 12.4. The van der Waals surface area contributed by atoms with Crippen LogP contribution in [-0.2, 0) is 4.79 Å². The number of carbonyl (C=O) groups excluding carboxylic acids is 1. The van der Waals surface area contributed by atoms with Crippen molar-refractivity contribution < 1.29 is 4.79 Å². The quantitative estimate of drug-likeness (QED) is 0.561. The van der Waals surface area contributed by atoms with E-state index in [0.29, 0.717) is 26.2 Å². The van der Waals surface area contributed by atoms with Gasteiger partial charge in [-0.3, -0.25) is 0 Å². The fourth-order valence-corrected chi connectivity index (χ4v) is 2.92. The Morgan fingerprint density at radius 3 is 2.67 bits per heavy atom. The van der Waals surface area contributed by atoms with E-state index in [1.165, 1.54) is 4.46 Å². The second kappa shape index (κ2) is 5.13. The summed E-state index contributed by atoms with van der Waals surface area (Å²) in [7, 11) is 0. The van der Waals surface area contributed by atoms with Crippen molar-refractivity contribution in [1.29, 1.82) is 0 Å². The average Bonchev–Trinajstić information content (AvgIpc) is 2.06. The molecular weight excluding hydrogens is 215 g/mol. The van der Waals surface area contributed by atoms with Crippen molar-refractivity contribution in [3.8, 4) is 0 Å². The zero-order chi connectivity index (χ0) is 8.81. The fraction of sp³-hybridized carbons (Fsp3) is 0.300. The Kier molecular flexibility index (Phi) is 4.06. The summed E-state index contributed by atoms with van der Waals surface area (Å²) in [4.78, 5) is 10.7. The van der Waals surface area contributed by atoms with E-state index in [-0.39, 0.29) is 0 Å². The van der Waals surface area contributed by atoms with Crippen LogP contribution in [0.2, 0.25) is 4.82 Å². The Balaban J connectivity index is 2.46. The molecular formula is C10H12OSe. The molecule has 0 aromatic heterocycles. The van der Waals surface area contributed by atoms with Crippen LogP contribution in [0.15, 0.2) is 30.3 Å². The molecule has 0 aliphatic carbocycles. The Labute approximate surface area is 79.3 Å². The van der Waals surface area contributed by atoms with Gasteiger partial charge in [0.15, 0.2) is 0 Å². The Bertz CT molecular complexity index is 233. The first-order valence-electron chi connectivity index (χ1n) is 3.98. The summed E-state index contributed by atoms with van der Waals surface area (Å²) in [6, 6.07) is 10.4. The Morgan fingerprint density at radius 2 is 2.08 bits per heavy atom. The van der Waals surface area contributed by atoms with Crippen molar-refractivity contribution in [2.45, 2.75) is 18.2 Å². The summed E-state index contributed by atoms with van der Waals surface area (Å²) < 4.78 is 1.37. The van der Waals surface area contributed by atoms with Gasteiger partial charge < -0.3 is 0 Å². The molecule has 0 saturated carbocycles. The van der Waals surface area contributed by atoms with Crippen LogP contribution in [0, 0.1) is 0 Å². The number of carbonyl (C=O) groups is 1. The first-order valence-corrected chi connectivity index (χ1v) is 5.83. The first-order chi connectivity index (χ1) is 5.83. The minimum atomic E-state index is 0.447. The number of benzene rings is 1. The second-order valence-corrected chi connectivity index (χ2v) is 5.82. The summed E-state index contributed by atoms with van der Waals surface area (Å²) in [5, 5.41) is 0. The van der Waals surface area contributed by atoms with Crippen LogP contribution in [0.25, 0.3) is 0 Å². The maximum absolute atomic E-state index is 10.2. The average molecular weight is 227 g/mol. The summed E-state index contributed by atoms with van der Waals surface area (Å²) in [5.41, 5.74) is 0. The third-order valence-corrected chi connectivity index (χ3v) is 3.90. The van der Waals surface area contributed by atoms with Gasteiger partial charge in [0.1, 0.15) is 0 Å².